The molecule has 4 aliphatic rings. The van der Waals surface area contributed by atoms with Crippen LogP contribution in [0.3, 0.4) is 0 Å². The van der Waals surface area contributed by atoms with E-state index in [2.05, 4.69) is 24.3 Å². The normalized spacial score (nSPS) is 33.1. The molecule has 1 nitrogen and oxygen atoms in total. The van der Waals surface area contributed by atoms with Gasteiger partial charge in [0, 0.05) is 18.3 Å². The third kappa shape index (κ3) is 2.01. The van der Waals surface area contributed by atoms with Gasteiger partial charge in [0.15, 0.2) is 0 Å². The van der Waals surface area contributed by atoms with Crippen LogP contribution in [0, 0.1) is 5.92 Å². The lowest BCUT2D eigenvalue weighted by molar-refractivity contribution is -0.120. The fraction of sp³-hybridized carbons (Fsp3) is 0.591. The summed E-state index contributed by atoms with van der Waals surface area (Å²) >= 11 is 0. The molecule has 0 heterocycles. The average molecular weight is 306 g/mol. The van der Waals surface area contributed by atoms with Crippen molar-refractivity contribution in [1.82, 2.24) is 0 Å². The van der Waals surface area contributed by atoms with Crippen LogP contribution < -0.4 is 0 Å². The van der Waals surface area contributed by atoms with Crippen LogP contribution in [0.5, 0.6) is 0 Å². The van der Waals surface area contributed by atoms with Crippen LogP contribution in [0.15, 0.2) is 29.8 Å². The molecular weight excluding hydrogens is 280 g/mol. The van der Waals surface area contributed by atoms with E-state index in [0.29, 0.717) is 18.1 Å². The van der Waals surface area contributed by atoms with Gasteiger partial charge in [0.05, 0.1) is 0 Å². The molecule has 0 amide bonds. The van der Waals surface area contributed by atoms with E-state index < -0.39 is 0 Å². The van der Waals surface area contributed by atoms with E-state index in [1.807, 2.05) is 0 Å². The minimum atomic E-state index is 0.169. The van der Waals surface area contributed by atoms with Gasteiger partial charge < -0.3 is 0 Å². The largest absolute Gasteiger partial charge is 0.299 e. The molecule has 0 saturated heterocycles. The molecule has 2 saturated carbocycles. The second-order valence-corrected chi connectivity index (χ2v) is 8.44. The average Bonchev–Trinajstić information content (AvgIpc) is 3.16. The van der Waals surface area contributed by atoms with Gasteiger partial charge in [0.25, 0.3) is 0 Å². The Labute approximate surface area is 139 Å². The van der Waals surface area contributed by atoms with E-state index in [9.17, 15) is 4.79 Å². The number of ketones is 1. The summed E-state index contributed by atoms with van der Waals surface area (Å²) in [6.45, 7) is 0. The number of carbonyl (C=O) groups is 1. The summed E-state index contributed by atoms with van der Waals surface area (Å²) in [5, 5.41) is 0. The Morgan fingerprint density at radius 2 is 1.91 bits per heavy atom. The molecule has 0 radical (unpaired) electrons. The number of Topliss-reactive ketones (excluding diaryl/α,β-unsaturated/α-hetero) is 1. The zero-order valence-electron chi connectivity index (χ0n) is 13.9. The first-order valence-electron chi connectivity index (χ1n) is 9.58. The Hall–Kier alpha value is -1.37. The summed E-state index contributed by atoms with van der Waals surface area (Å²) in [5.41, 5.74) is 6.44. The van der Waals surface area contributed by atoms with Crippen molar-refractivity contribution in [3.8, 4) is 0 Å². The predicted molar refractivity (Wildman–Crippen MR) is 92.7 cm³/mol. The molecule has 5 rings (SSSR count). The van der Waals surface area contributed by atoms with Gasteiger partial charge in [-0.15, -0.1) is 0 Å². The van der Waals surface area contributed by atoms with Crippen molar-refractivity contribution in [3.63, 3.8) is 0 Å². The second-order valence-electron chi connectivity index (χ2n) is 8.44. The van der Waals surface area contributed by atoms with Crippen LogP contribution in [0.25, 0.3) is 0 Å². The highest BCUT2D eigenvalue weighted by molar-refractivity contribution is 5.86. The van der Waals surface area contributed by atoms with Crippen molar-refractivity contribution in [2.45, 2.75) is 75.5 Å². The number of carbonyl (C=O) groups excluding carboxylic acids is 1. The summed E-state index contributed by atoms with van der Waals surface area (Å²) in [5.74, 6) is 1.92. The molecule has 0 N–H and O–H groups in total. The third-order valence-electron chi connectivity index (χ3n) is 7.15. The molecule has 1 spiro atoms. The smallest absolute Gasteiger partial charge is 0.138 e. The third-order valence-corrected chi connectivity index (χ3v) is 7.15. The zero-order chi connectivity index (χ0) is 15.4. The van der Waals surface area contributed by atoms with E-state index in [1.165, 1.54) is 56.9 Å². The summed E-state index contributed by atoms with van der Waals surface area (Å²) in [6.07, 6.45) is 14.5. The van der Waals surface area contributed by atoms with E-state index >= 15 is 0 Å². The summed E-state index contributed by atoms with van der Waals surface area (Å²) in [6, 6.07) is 6.88. The van der Waals surface area contributed by atoms with Gasteiger partial charge in [0.1, 0.15) is 5.78 Å². The lowest BCUT2D eigenvalue weighted by atomic mass is 9.59. The Morgan fingerprint density at radius 1 is 1.04 bits per heavy atom. The van der Waals surface area contributed by atoms with Gasteiger partial charge in [-0.2, -0.15) is 0 Å². The first-order chi connectivity index (χ1) is 11.3. The summed E-state index contributed by atoms with van der Waals surface area (Å²) in [4.78, 5) is 12.5. The van der Waals surface area contributed by atoms with Crippen molar-refractivity contribution in [2.24, 2.45) is 5.92 Å². The highest BCUT2D eigenvalue weighted by Crippen LogP contribution is 2.59. The molecule has 120 valence electrons. The summed E-state index contributed by atoms with van der Waals surface area (Å²) < 4.78 is 0. The SMILES string of the molecule is O=C1Cc2cccc(C3CCCCC3)c2C2(C1)CC1=CCC2C1. The number of hydrogen-bond acceptors (Lipinski definition) is 1. The van der Waals surface area contributed by atoms with Gasteiger partial charge in [-0.1, -0.05) is 49.1 Å². The van der Waals surface area contributed by atoms with Crippen molar-refractivity contribution in [2.75, 3.05) is 0 Å². The quantitative estimate of drug-likeness (QED) is 0.649. The predicted octanol–water partition coefficient (Wildman–Crippen LogP) is 5.23. The number of rotatable bonds is 1. The van der Waals surface area contributed by atoms with Gasteiger partial charge >= 0.3 is 0 Å². The van der Waals surface area contributed by atoms with E-state index in [1.54, 1.807) is 16.7 Å². The van der Waals surface area contributed by atoms with Gasteiger partial charge in [-0.05, 0) is 60.6 Å². The fourth-order valence-electron chi connectivity index (χ4n) is 6.25. The first-order valence-corrected chi connectivity index (χ1v) is 9.58. The van der Waals surface area contributed by atoms with Crippen LogP contribution in [-0.4, -0.2) is 5.78 Å². The Morgan fingerprint density at radius 3 is 2.65 bits per heavy atom. The monoisotopic (exact) mass is 306 g/mol. The first kappa shape index (κ1) is 14.0. The Bertz CT molecular complexity index is 692. The lowest BCUT2D eigenvalue weighted by Gasteiger charge is -2.43. The van der Waals surface area contributed by atoms with Crippen molar-refractivity contribution in [3.05, 3.63) is 46.5 Å². The zero-order valence-corrected chi connectivity index (χ0v) is 13.9. The van der Waals surface area contributed by atoms with Gasteiger partial charge in [-0.25, -0.2) is 0 Å². The van der Waals surface area contributed by atoms with E-state index in [0.717, 1.165) is 12.3 Å². The van der Waals surface area contributed by atoms with E-state index in [-0.39, 0.29) is 5.41 Å². The Balaban J connectivity index is 1.67. The standard InChI is InChI=1S/C22H26O/c23-19-12-17-7-4-8-20(16-5-2-1-3-6-16)21(17)22(14-19)13-15-9-10-18(22)11-15/h4,7-9,16,18H,1-3,5-6,10-14H2. The molecule has 1 heteroatoms. The number of allylic oxidation sites excluding steroid dienone is 2. The fourth-order valence-corrected chi connectivity index (χ4v) is 6.25. The number of benzene rings is 1. The molecular formula is C22H26O. The maximum atomic E-state index is 12.5. The van der Waals surface area contributed by atoms with Crippen molar-refractivity contribution >= 4 is 5.78 Å². The minimum Gasteiger partial charge on any atom is -0.299 e. The van der Waals surface area contributed by atoms with Crippen LogP contribution >= 0.6 is 0 Å². The van der Waals surface area contributed by atoms with Gasteiger partial charge in [0.2, 0.25) is 0 Å². The van der Waals surface area contributed by atoms with Crippen LogP contribution in [0.2, 0.25) is 0 Å². The van der Waals surface area contributed by atoms with E-state index in [4.69, 9.17) is 0 Å². The lowest BCUT2D eigenvalue weighted by Crippen LogP contribution is -2.40. The molecule has 1 aromatic rings. The van der Waals surface area contributed by atoms with Crippen LogP contribution in [0.1, 0.15) is 80.4 Å². The molecule has 0 aromatic heterocycles. The maximum Gasteiger partial charge on any atom is 0.138 e. The topological polar surface area (TPSA) is 17.1 Å². The summed E-state index contributed by atoms with van der Waals surface area (Å²) in [7, 11) is 0. The molecule has 2 bridgehead atoms. The van der Waals surface area contributed by atoms with Crippen LogP contribution in [-0.2, 0) is 16.6 Å². The molecule has 0 aliphatic heterocycles. The highest BCUT2D eigenvalue weighted by Gasteiger charge is 2.53. The highest BCUT2D eigenvalue weighted by atomic mass is 16.1. The molecule has 23 heavy (non-hydrogen) atoms. The molecule has 2 atom stereocenters. The second kappa shape index (κ2) is 5.06. The molecule has 2 fully saturated rings. The Kier molecular flexibility index (Phi) is 3.08. The molecule has 2 unspecified atom stereocenters. The van der Waals surface area contributed by atoms with Gasteiger partial charge in [-0.3, -0.25) is 4.79 Å². The number of hydrogen-bond donors (Lipinski definition) is 0. The van der Waals surface area contributed by atoms with Crippen molar-refractivity contribution < 1.29 is 4.79 Å². The molecule has 4 aliphatic carbocycles. The minimum absolute atomic E-state index is 0.169. The maximum absolute atomic E-state index is 12.5. The molecule has 1 aromatic carbocycles. The van der Waals surface area contributed by atoms with Crippen LogP contribution in [0.4, 0.5) is 0 Å². The van der Waals surface area contributed by atoms with Crippen molar-refractivity contribution in [1.29, 1.82) is 0 Å². The number of fused-ring (bicyclic) bond motifs is 5.